The second kappa shape index (κ2) is 7.22. The molecule has 1 saturated heterocycles. The van der Waals surface area contributed by atoms with Gasteiger partial charge >= 0.3 is 0 Å². The molecule has 0 radical (unpaired) electrons. The van der Waals surface area contributed by atoms with E-state index < -0.39 is 0 Å². The maximum atomic E-state index is 9.83. The summed E-state index contributed by atoms with van der Waals surface area (Å²) in [6.07, 6.45) is 0.460. The maximum Gasteiger partial charge on any atom is 0.140 e. The fourth-order valence-corrected chi connectivity index (χ4v) is 3.31. The number of nitriles is 1. The van der Waals surface area contributed by atoms with E-state index in [0.717, 1.165) is 41.0 Å². The van der Waals surface area contributed by atoms with Crippen LogP contribution in [0.25, 0.3) is 10.9 Å². The molecule has 1 aliphatic heterocycles. The summed E-state index contributed by atoms with van der Waals surface area (Å²) in [4.78, 5) is 11.3. The maximum absolute atomic E-state index is 9.83. The zero-order valence-electron chi connectivity index (χ0n) is 15.1. The van der Waals surface area contributed by atoms with Crippen LogP contribution in [0.5, 0.6) is 5.75 Å². The van der Waals surface area contributed by atoms with Crippen molar-refractivity contribution in [2.45, 2.75) is 26.1 Å². The number of aryl methyl sites for hydroxylation is 1. The van der Waals surface area contributed by atoms with Crippen molar-refractivity contribution < 1.29 is 9.84 Å². The van der Waals surface area contributed by atoms with Gasteiger partial charge in [0.1, 0.15) is 24.0 Å². The average Bonchev–Trinajstić information content (AvgIpc) is 3.12. The minimum atomic E-state index is -0.301. The van der Waals surface area contributed by atoms with Crippen LogP contribution in [0.2, 0.25) is 0 Å². The van der Waals surface area contributed by atoms with E-state index in [1.54, 1.807) is 12.1 Å². The van der Waals surface area contributed by atoms with Gasteiger partial charge in [0.25, 0.3) is 0 Å². The lowest BCUT2D eigenvalue weighted by Gasteiger charge is -2.19. The van der Waals surface area contributed by atoms with Gasteiger partial charge in [-0.2, -0.15) is 5.26 Å². The molecule has 0 amide bonds. The summed E-state index contributed by atoms with van der Waals surface area (Å²) in [5.74, 6) is 2.30. The van der Waals surface area contributed by atoms with E-state index >= 15 is 0 Å². The Morgan fingerprint density at radius 3 is 2.74 bits per heavy atom. The minimum absolute atomic E-state index is 0.301. The average molecular weight is 360 g/mol. The second-order valence-electron chi connectivity index (χ2n) is 6.76. The smallest absolute Gasteiger partial charge is 0.140 e. The number of aromatic nitrogens is 2. The van der Waals surface area contributed by atoms with Crippen molar-refractivity contribution in [3.05, 3.63) is 59.4 Å². The van der Waals surface area contributed by atoms with Gasteiger partial charge in [0.05, 0.1) is 23.3 Å². The van der Waals surface area contributed by atoms with Crippen molar-refractivity contribution in [2.75, 3.05) is 18.0 Å². The van der Waals surface area contributed by atoms with Crippen LogP contribution in [0.3, 0.4) is 0 Å². The van der Waals surface area contributed by atoms with Crippen LogP contribution in [0.15, 0.2) is 42.5 Å². The summed E-state index contributed by atoms with van der Waals surface area (Å²) >= 11 is 0. The van der Waals surface area contributed by atoms with E-state index in [9.17, 15) is 5.11 Å². The van der Waals surface area contributed by atoms with E-state index in [-0.39, 0.29) is 6.10 Å². The van der Waals surface area contributed by atoms with E-state index in [1.165, 1.54) is 0 Å². The third-order valence-corrected chi connectivity index (χ3v) is 4.71. The number of benzene rings is 2. The highest BCUT2D eigenvalue weighted by Gasteiger charge is 2.23. The number of β-amino-alcohol motifs (C(OH)–C–C–N with tert-alkyl or cyclic N) is 1. The molecule has 2 aromatic carbocycles. The number of hydrogen-bond acceptors (Lipinski definition) is 6. The highest BCUT2D eigenvalue weighted by molar-refractivity contribution is 5.90. The van der Waals surface area contributed by atoms with E-state index in [1.807, 2.05) is 37.3 Å². The Kier molecular flexibility index (Phi) is 4.61. The lowest BCUT2D eigenvalue weighted by Crippen LogP contribution is -2.23. The quantitative estimate of drug-likeness (QED) is 0.770. The first-order valence-electron chi connectivity index (χ1n) is 8.95. The number of aliphatic hydroxyl groups is 1. The number of hydrogen-bond donors (Lipinski definition) is 1. The van der Waals surface area contributed by atoms with Crippen molar-refractivity contribution in [1.29, 1.82) is 5.26 Å². The van der Waals surface area contributed by atoms with Crippen LogP contribution in [0.4, 0.5) is 5.82 Å². The van der Waals surface area contributed by atoms with Gasteiger partial charge in [-0.05, 0) is 43.2 Å². The fraction of sp³-hybridized carbons (Fsp3) is 0.286. The monoisotopic (exact) mass is 360 g/mol. The van der Waals surface area contributed by atoms with E-state index in [2.05, 4.69) is 20.9 Å². The Labute approximate surface area is 157 Å². The molecule has 1 fully saturated rings. The highest BCUT2D eigenvalue weighted by Crippen LogP contribution is 2.29. The van der Waals surface area contributed by atoms with Gasteiger partial charge in [-0.3, -0.25) is 0 Å². The molecule has 6 nitrogen and oxygen atoms in total. The SMILES string of the molecule is Cc1nc(N2CCC(O)C2)c2ccc(OCc3ccc(C#N)cc3)cc2n1. The molecule has 27 heavy (non-hydrogen) atoms. The van der Waals surface area contributed by atoms with Gasteiger partial charge in [0.2, 0.25) is 0 Å². The second-order valence-corrected chi connectivity index (χ2v) is 6.76. The summed E-state index contributed by atoms with van der Waals surface area (Å²) in [5.41, 5.74) is 2.46. The van der Waals surface area contributed by atoms with Gasteiger partial charge in [0, 0.05) is 24.5 Å². The highest BCUT2D eigenvalue weighted by atomic mass is 16.5. The van der Waals surface area contributed by atoms with Crippen LogP contribution >= 0.6 is 0 Å². The lowest BCUT2D eigenvalue weighted by molar-refractivity contribution is 0.198. The Bertz CT molecular complexity index is 1010. The van der Waals surface area contributed by atoms with Crippen molar-refractivity contribution in [2.24, 2.45) is 0 Å². The number of aliphatic hydroxyl groups excluding tert-OH is 1. The Hall–Kier alpha value is -3.17. The molecule has 1 unspecified atom stereocenters. The van der Waals surface area contributed by atoms with E-state index in [0.29, 0.717) is 24.5 Å². The number of rotatable bonds is 4. The minimum Gasteiger partial charge on any atom is -0.489 e. The van der Waals surface area contributed by atoms with Crippen molar-refractivity contribution in [3.63, 3.8) is 0 Å². The lowest BCUT2D eigenvalue weighted by atomic mass is 10.1. The fourth-order valence-electron chi connectivity index (χ4n) is 3.31. The molecular formula is C21H20N4O2. The summed E-state index contributed by atoms with van der Waals surface area (Å²) in [6, 6.07) is 15.3. The van der Waals surface area contributed by atoms with Crippen LogP contribution < -0.4 is 9.64 Å². The molecule has 6 heteroatoms. The van der Waals surface area contributed by atoms with Crippen molar-refractivity contribution in [1.82, 2.24) is 9.97 Å². The zero-order chi connectivity index (χ0) is 18.8. The molecule has 1 aromatic heterocycles. The molecule has 1 N–H and O–H groups in total. The molecule has 1 aliphatic rings. The van der Waals surface area contributed by atoms with Crippen LogP contribution in [0.1, 0.15) is 23.4 Å². The number of ether oxygens (including phenoxy) is 1. The molecule has 0 spiro atoms. The van der Waals surface area contributed by atoms with Gasteiger partial charge in [-0.15, -0.1) is 0 Å². The summed E-state index contributed by atoms with van der Waals surface area (Å²) < 4.78 is 5.90. The van der Waals surface area contributed by atoms with Crippen LogP contribution in [-0.4, -0.2) is 34.3 Å². The van der Waals surface area contributed by atoms with Gasteiger partial charge < -0.3 is 14.7 Å². The summed E-state index contributed by atoms with van der Waals surface area (Å²) in [7, 11) is 0. The standard InChI is InChI=1S/C21H20N4O2/c1-14-23-20-10-18(27-13-16-4-2-15(11-22)3-5-16)6-7-19(20)21(24-14)25-9-8-17(26)12-25/h2-7,10,17,26H,8-9,12-13H2,1H3. The third-order valence-electron chi connectivity index (χ3n) is 4.71. The van der Waals surface area contributed by atoms with Gasteiger partial charge in [-0.1, -0.05) is 12.1 Å². The molecule has 4 rings (SSSR count). The van der Waals surface area contributed by atoms with Gasteiger partial charge in [-0.25, -0.2) is 9.97 Å². The van der Waals surface area contributed by atoms with Crippen LogP contribution in [0, 0.1) is 18.3 Å². The molecule has 136 valence electrons. The predicted molar refractivity (Wildman–Crippen MR) is 103 cm³/mol. The third kappa shape index (κ3) is 3.69. The number of nitrogens with zero attached hydrogens (tertiary/aromatic N) is 4. The predicted octanol–water partition coefficient (Wildman–Crippen LogP) is 2.96. The Balaban J connectivity index is 1.57. The molecular weight excluding hydrogens is 340 g/mol. The first kappa shape index (κ1) is 17.3. The zero-order valence-corrected chi connectivity index (χ0v) is 15.1. The molecule has 0 saturated carbocycles. The molecule has 2 heterocycles. The van der Waals surface area contributed by atoms with Gasteiger partial charge in [0.15, 0.2) is 0 Å². The summed E-state index contributed by atoms with van der Waals surface area (Å²) in [5, 5.41) is 19.7. The first-order valence-corrected chi connectivity index (χ1v) is 8.95. The normalized spacial score (nSPS) is 16.5. The Morgan fingerprint density at radius 1 is 1.22 bits per heavy atom. The van der Waals surface area contributed by atoms with Crippen molar-refractivity contribution in [3.8, 4) is 11.8 Å². The molecule has 0 aliphatic carbocycles. The molecule has 1 atom stereocenters. The molecule has 0 bridgehead atoms. The Morgan fingerprint density at radius 2 is 2.04 bits per heavy atom. The van der Waals surface area contributed by atoms with Crippen LogP contribution in [-0.2, 0) is 6.61 Å². The summed E-state index contributed by atoms with van der Waals surface area (Å²) in [6.45, 7) is 3.69. The largest absolute Gasteiger partial charge is 0.489 e. The number of anilines is 1. The van der Waals surface area contributed by atoms with Crippen molar-refractivity contribution >= 4 is 16.7 Å². The topological polar surface area (TPSA) is 82.3 Å². The molecule has 3 aromatic rings. The first-order chi connectivity index (χ1) is 13.1. The van der Waals surface area contributed by atoms with E-state index in [4.69, 9.17) is 10.00 Å². The number of fused-ring (bicyclic) bond motifs is 1.